The lowest BCUT2D eigenvalue weighted by molar-refractivity contribution is 0.521. The van der Waals surface area contributed by atoms with E-state index in [1.165, 1.54) is 0 Å². The minimum Gasteiger partial charge on any atom is -0.242 e. The molecule has 1 aliphatic heterocycles. The van der Waals surface area contributed by atoms with Crippen molar-refractivity contribution in [2.45, 2.75) is 13.0 Å². The molecule has 0 saturated heterocycles. The molecule has 1 rings (SSSR count). The predicted octanol–water partition coefficient (Wildman–Crippen LogP) is 2.05. The second-order valence-electron chi connectivity index (χ2n) is 1.85. The van der Waals surface area contributed by atoms with Crippen molar-refractivity contribution in [2.24, 2.45) is 0 Å². The fourth-order valence-electron chi connectivity index (χ4n) is 0.546. The number of halogens is 1. The highest BCUT2D eigenvalue weighted by atomic mass is 35.5. The quantitative estimate of drug-likeness (QED) is 0.485. The van der Waals surface area contributed by atoms with Crippen LogP contribution >= 0.6 is 23.5 Å². The predicted molar refractivity (Wildman–Crippen MR) is 38.8 cm³/mol. The van der Waals surface area contributed by atoms with E-state index in [-0.39, 0.29) is 0 Å². The molecule has 0 radical (unpaired) electrons. The van der Waals surface area contributed by atoms with Gasteiger partial charge < -0.3 is 0 Å². The molecule has 0 spiro atoms. The molecule has 0 aliphatic carbocycles. The minimum absolute atomic E-state index is 0.493. The number of nitrogens with zero attached hydrogens (tertiary/aromatic N) is 1. The molecule has 1 heterocycles. The number of rotatable bonds is 0. The number of hydrogen-bond donors (Lipinski definition) is 0. The topological polar surface area (TPSA) is 3.24 Å². The van der Waals surface area contributed by atoms with Gasteiger partial charge in [-0.2, -0.15) is 0 Å². The summed E-state index contributed by atoms with van der Waals surface area (Å²) in [6.45, 7) is 2.11. The van der Waals surface area contributed by atoms with Gasteiger partial charge in [0, 0.05) is 6.04 Å². The van der Waals surface area contributed by atoms with Gasteiger partial charge in [0.2, 0.25) is 0 Å². The van der Waals surface area contributed by atoms with Gasteiger partial charge in [-0.05, 0) is 32.0 Å². The molecule has 1 atom stereocenters. The summed E-state index contributed by atoms with van der Waals surface area (Å²) < 4.78 is 3.00. The van der Waals surface area contributed by atoms with E-state index in [2.05, 4.69) is 11.2 Å². The molecular formula is C5H8ClNS. The fraction of sp³-hybridized carbons (Fsp3) is 0.600. The molecule has 0 aromatic rings. The van der Waals surface area contributed by atoms with Crippen LogP contribution in [0.25, 0.3) is 0 Å². The minimum atomic E-state index is 0.493. The van der Waals surface area contributed by atoms with Gasteiger partial charge >= 0.3 is 0 Å². The zero-order valence-electron chi connectivity index (χ0n) is 4.89. The van der Waals surface area contributed by atoms with Crippen LogP contribution in [0.4, 0.5) is 0 Å². The zero-order chi connectivity index (χ0) is 6.15. The maximum Gasteiger partial charge on any atom is 0.0865 e. The second-order valence-corrected chi connectivity index (χ2v) is 3.68. The molecule has 1 aliphatic rings. The molecule has 3 heteroatoms. The van der Waals surface area contributed by atoms with E-state index in [1.54, 1.807) is 11.9 Å². The average Bonchev–Trinajstić information content (AvgIpc) is 1.85. The maximum atomic E-state index is 5.68. The molecule has 8 heavy (non-hydrogen) atoms. The normalized spacial score (nSPS) is 30.9. The highest BCUT2D eigenvalue weighted by Gasteiger charge is 2.15. The molecule has 46 valence electrons. The van der Waals surface area contributed by atoms with Crippen molar-refractivity contribution in [3.63, 3.8) is 0 Å². The van der Waals surface area contributed by atoms with Crippen molar-refractivity contribution in [1.82, 2.24) is 4.31 Å². The first-order valence-corrected chi connectivity index (χ1v) is 3.63. The van der Waals surface area contributed by atoms with Gasteiger partial charge in [0.1, 0.15) is 0 Å². The number of hydrogen-bond acceptors (Lipinski definition) is 2. The lowest BCUT2D eigenvalue weighted by atomic mass is 10.3. The first-order valence-electron chi connectivity index (χ1n) is 2.48. The lowest BCUT2D eigenvalue weighted by Crippen LogP contribution is -2.14. The largest absolute Gasteiger partial charge is 0.242 e. The summed E-state index contributed by atoms with van der Waals surface area (Å²) in [5.74, 6) is 0. The Morgan fingerprint density at radius 3 is 2.62 bits per heavy atom. The van der Waals surface area contributed by atoms with Crippen LogP contribution in [0.5, 0.6) is 0 Å². The van der Waals surface area contributed by atoms with Crippen LogP contribution in [0.2, 0.25) is 0 Å². The smallest absolute Gasteiger partial charge is 0.0865 e. The van der Waals surface area contributed by atoms with Crippen LogP contribution in [0.3, 0.4) is 0 Å². The Morgan fingerprint density at radius 2 is 2.50 bits per heavy atom. The molecule has 1 unspecified atom stereocenters. The molecule has 0 N–H and O–H groups in total. The fourth-order valence-corrected chi connectivity index (χ4v) is 1.81. The van der Waals surface area contributed by atoms with Crippen molar-refractivity contribution < 1.29 is 0 Å². The van der Waals surface area contributed by atoms with Crippen molar-refractivity contribution >= 4 is 23.5 Å². The van der Waals surface area contributed by atoms with E-state index in [1.807, 2.05) is 13.1 Å². The molecule has 0 saturated carbocycles. The van der Waals surface area contributed by atoms with Gasteiger partial charge in [-0.1, -0.05) is 11.6 Å². The average molecular weight is 150 g/mol. The third-order valence-electron chi connectivity index (χ3n) is 1.18. The molecule has 0 amide bonds. The second kappa shape index (κ2) is 2.29. The van der Waals surface area contributed by atoms with Crippen LogP contribution in [0.1, 0.15) is 6.92 Å². The summed E-state index contributed by atoms with van der Waals surface area (Å²) in [4.78, 5) is 0. The van der Waals surface area contributed by atoms with E-state index in [0.29, 0.717) is 6.04 Å². The van der Waals surface area contributed by atoms with Gasteiger partial charge in [-0.15, -0.1) is 0 Å². The highest BCUT2D eigenvalue weighted by Crippen LogP contribution is 2.32. The van der Waals surface area contributed by atoms with Crippen LogP contribution in [-0.4, -0.2) is 17.4 Å². The Morgan fingerprint density at radius 1 is 1.88 bits per heavy atom. The van der Waals surface area contributed by atoms with Crippen molar-refractivity contribution in [3.05, 3.63) is 10.4 Å². The van der Waals surface area contributed by atoms with Crippen molar-refractivity contribution in [2.75, 3.05) is 7.05 Å². The zero-order valence-corrected chi connectivity index (χ0v) is 6.46. The lowest BCUT2D eigenvalue weighted by Gasteiger charge is -2.10. The third kappa shape index (κ3) is 1.19. The Kier molecular flexibility index (Phi) is 1.85. The Labute approximate surface area is 58.8 Å². The highest BCUT2D eigenvalue weighted by molar-refractivity contribution is 8.02. The molecule has 0 aromatic carbocycles. The SMILES string of the molecule is CC1C=C(Cl)SN1C. The van der Waals surface area contributed by atoms with Crippen LogP contribution in [0, 0.1) is 0 Å². The summed E-state index contributed by atoms with van der Waals surface area (Å²) in [5, 5.41) is 0. The molecule has 1 nitrogen and oxygen atoms in total. The Hall–Kier alpha value is 0.340. The summed E-state index contributed by atoms with van der Waals surface area (Å²) in [6.07, 6.45) is 2.03. The van der Waals surface area contributed by atoms with Gasteiger partial charge in [0.25, 0.3) is 0 Å². The standard InChI is InChI=1S/C5H8ClNS/c1-4-3-5(6)8-7(4)2/h3-4H,1-2H3. The molecule has 0 aromatic heterocycles. The molecule has 0 fully saturated rings. The van der Waals surface area contributed by atoms with E-state index in [4.69, 9.17) is 11.6 Å². The van der Waals surface area contributed by atoms with Crippen LogP contribution in [0.15, 0.2) is 10.4 Å². The monoisotopic (exact) mass is 149 g/mol. The van der Waals surface area contributed by atoms with Gasteiger partial charge in [-0.25, -0.2) is 4.31 Å². The summed E-state index contributed by atoms with van der Waals surface area (Å²) in [5.41, 5.74) is 0. The van der Waals surface area contributed by atoms with Crippen molar-refractivity contribution in [3.8, 4) is 0 Å². The third-order valence-corrected chi connectivity index (χ3v) is 2.44. The van der Waals surface area contributed by atoms with Crippen LogP contribution in [-0.2, 0) is 0 Å². The number of likely N-dealkylation sites (N-methyl/N-ethyl adjacent to an activating group) is 1. The van der Waals surface area contributed by atoms with Gasteiger partial charge in [0.15, 0.2) is 0 Å². The summed E-state index contributed by atoms with van der Waals surface area (Å²) in [6, 6.07) is 0.493. The molecular weight excluding hydrogens is 142 g/mol. The van der Waals surface area contributed by atoms with Gasteiger partial charge in [0.05, 0.1) is 4.36 Å². The Balaban J connectivity index is 2.56. The van der Waals surface area contributed by atoms with E-state index < -0.39 is 0 Å². The van der Waals surface area contributed by atoms with E-state index in [9.17, 15) is 0 Å². The summed E-state index contributed by atoms with van der Waals surface area (Å²) in [7, 11) is 2.03. The van der Waals surface area contributed by atoms with Crippen LogP contribution < -0.4 is 0 Å². The van der Waals surface area contributed by atoms with E-state index in [0.717, 1.165) is 4.36 Å². The van der Waals surface area contributed by atoms with Crippen molar-refractivity contribution in [1.29, 1.82) is 0 Å². The van der Waals surface area contributed by atoms with E-state index >= 15 is 0 Å². The molecule has 0 bridgehead atoms. The van der Waals surface area contributed by atoms with Gasteiger partial charge in [-0.3, -0.25) is 0 Å². The first kappa shape index (κ1) is 6.46. The first-order chi connectivity index (χ1) is 3.70. The summed E-state index contributed by atoms with van der Waals surface area (Å²) >= 11 is 7.27. The maximum absolute atomic E-state index is 5.68. The Bertz CT molecular complexity index is 124.